The molecule has 2 heterocycles. The van der Waals surface area contributed by atoms with Crippen LogP contribution in [-0.2, 0) is 14.8 Å². The zero-order chi connectivity index (χ0) is 17.9. The van der Waals surface area contributed by atoms with Gasteiger partial charge in [0.1, 0.15) is 0 Å². The van der Waals surface area contributed by atoms with Gasteiger partial charge in [0.25, 0.3) is 10.0 Å². The minimum absolute atomic E-state index is 0.165. The van der Waals surface area contributed by atoms with Gasteiger partial charge in [-0.3, -0.25) is 4.90 Å². The first-order valence-corrected chi connectivity index (χ1v) is 12.4. The minimum atomic E-state index is -3.77. The van der Waals surface area contributed by atoms with Crippen molar-refractivity contribution in [2.75, 3.05) is 39.1 Å². The lowest BCUT2D eigenvalue weighted by Crippen LogP contribution is -2.37. The van der Waals surface area contributed by atoms with Crippen molar-refractivity contribution in [2.24, 2.45) is 4.40 Å². The van der Waals surface area contributed by atoms with Crippen LogP contribution in [0.4, 0.5) is 0 Å². The lowest BCUT2D eigenvalue weighted by molar-refractivity contribution is 0.0383. The summed E-state index contributed by atoms with van der Waals surface area (Å²) in [6, 6.07) is 8.17. The first-order chi connectivity index (χ1) is 11.9. The number of rotatable bonds is 5. The van der Waals surface area contributed by atoms with Crippen molar-refractivity contribution in [3.63, 3.8) is 0 Å². The molecule has 0 spiro atoms. The Balaban J connectivity index is 1.70. The molecular weight excluding hydrogens is 382 g/mol. The van der Waals surface area contributed by atoms with E-state index in [1.54, 1.807) is 18.2 Å². The van der Waals surface area contributed by atoms with Crippen LogP contribution in [0, 0.1) is 0 Å². The summed E-state index contributed by atoms with van der Waals surface area (Å²) >= 11 is 0. The fourth-order valence-electron chi connectivity index (χ4n) is 2.66. The Hall–Kier alpha value is -1.06. The molecule has 1 aromatic carbocycles. The highest BCUT2D eigenvalue weighted by atomic mass is 35.7. The van der Waals surface area contributed by atoms with Gasteiger partial charge in [-0.05, 0) is 23.8 Å². The van der Waals surface area contributed by atoms with Crippen molar-refractivity contribution in [1.29, 1.82) is 0 Å². The summed E-state index contributed by atoms with van der Waals surface area (Å²) < 4.78 is 34.3. The number of ether oxygens (including phenoxy) is 1. The van der Waals surface area contributed by atoms with Crippen molar-refractivity contribution in [3.8, 4) is 0 Å². The molecule has 1 unspecified atom stereocenters. The molecule has 0 aromatic heterocycles. The van der Waals surface area contributed by atoms with Crippen molar-refractivity contribution < 1.29 is 13.2 Å². The number of morpholine rings is 1. The van der Waals surface area contributed by atoms with Gasteiger partial charge in [0.05, 0.1) is 18.1 Å². The normalized spacial score (nSPS) is 29.0. The van der Waals surface area contributed by atoms with Gasteiger partial charge < -0.3 is 10.1 Å². The number of benzene rings is 1. The third-order valence-electron chi connectivity index (χ3n) is 4.05. The number of nitrogens with zero attached hydrogens (tertiary/aromatic N) is 2. The lowest BCUT2D eigenvalue weighted by atomic mass is 10.3. The second-order valence-corrected chi connectivity index (χ2v) is 11.9. The highest BCUT2D eigenvalue weighted by Gasteiger charge is 2.31. The van der Waals surface area contributed by atoms with E-state index in [-0.39, 0.29) is 4.90 Å². The summed E-state index contributed by atoms with van der Waals surface area (Å²) in [5.41, 5.74) is 0.931. The van der Waals surface area contributed by atoms with Crippen LogP contribution < -0.4 is 5.32 Å². The van der Waals surface area contributed by atoms with Crippen molar-refractivity contribution >= 4 is 35.1 Å². The van der Waals surface area contributed by atoms with Gasteiger partial charge in [0.2, 0.25) is 0 Å². The molecule has 9 heteroatoms. The quantitative estimate of drug-likeness (QED) is 0.817. The van der Waals surface area contributed by atoms with Crippen LogP contribution >= 0.6 is 19.9 Å². The molecule has 6 nitrogen and oxygen atoms in total. The van der Waals surface area contributed by atoms with Gasteiger partial charge in [-0.15, -0.1) is 4.40 Å². The molecule has 1 saturated heterocycles. The van der Waals surface area contributed by atoms with Crippen LogP contribution in [-0.4, -0.2) is 57.6 Å². The molecule has 0 aliphatic carbocycles. The Bertz CT molecular complexity index is 773. The number of hydrogen-bond donors (Lipinski definition) is 1. The maximum Gasteiger partial charge on any atom is 0.284 e. The predicted molar refractivity (Wildman–Crippen MR) is 104 cm³/mol. The van der Waals surface area contributed by atoms with Crippen LogP contribution in [0.2, 0.25) is 0 Å². The fourth-order valence-corrected chi connectivity index (χ4v) is 6.26. The Morgan fingerprint density at radius 1 is 1.28 bits per heavy atom. The average Bonchev–Trinajstić information content (AvgIpc) is 2.88. The van der Waals surface area contributed by atoms with E-state index < -0.39 is 19.3 Å². The van der Waals surface area contributed by atoms with Crippen LogP contribution in [0.5, 0.6) is 0 Å². The van der Waals surface area contributed by atoms with E-state index in [0.717, 1.165) is 45.0 Å². The minimum Gasteiger partial charge on any atom is -0.379 e. The SMILES string of the molecule is CS1(Cl)C=C(CCN2CCOCC2)N/C1=N\S(=O)(=O)c1ccccc1. The predicted octanol–water partition coefficient (Wildman–Crippen LogP) is 2.49. The Morgan fingerprint density at radius 2 is 1.96 bits per heavy atom. The van der Waals surface area contributed by atoms with Gasteiger partial charge >= 0.3 is 0 Å². The number of halogens is 1. The third-order valence-corrected chi connectivity index (χ3v) is 7.84. The van der Waals surface area contributed by atoms with Gasteiger partial charge in [-0.2, -0.15) is 8.42 Å². The summed E-state index contributed by atoms with van der Waals surface area (Å²) in [4.78, 5) is 2.49. The first kappa shape index (κ1) is 18.7. The van der Waals surface area contributed by atoms with E-state index in [2.05, 4.69) is 14.6 Å². The molecule has 1 atom stereocenters. The topological polar surface area (TPSA) is 71.0 Å². The summed E-state index contributed by atoms with van der Waals surface area (Å²) in [5.74, 6) is 0. The fraction of sp³-hybridized carbons (Fsp3) is 0.438. The van der Waals surface area contributed by atoms with Crippen LogP contribution in [0.15, 0.2) is 50.7 Å². The van der Waals surface area contributed by atoms with Gasteiger partial charge in [0.15, 0.2) is 5.17 Å². The van der Waals surface area contributed by atoms with Crippen LogP contribution in [0.3, 0.4) is 0 Å². The number of hydrogen-bond acceptors (Lipinski definition) is 4. The summed E-state index contributed by atoms with van der Waals surface area (Å²) in [6.45, 7) is 4.23. The van der Waals surface area contributed by atoms with Crippen LogP contribution in [0.25, 0.3) is 0 Å². The molecular formula is C16H22ClN3O3S2. The second-order valence-electron chi connectivity index (χ2n) is 6.03. The maximum absolute atomic E-state index is 12.5. The summed E-state index contributed by atoms with van der Waals surface area (Å²) in [7, 11) is 0.883. The third kappa shape index (κ3) is 4.77. The van der Waals surface area contributed by atoms with E-state index in [1.165, 1.54) is 12.1 Å². The van der Waals surface area contributed by atoms with E-state index in [9.17, 15) is 8.42 Å². The zero-order valence-corrected chi connectivity index (χ0v) is 16.4. The smallest absolute Gasteiger partial charge is 0.284 e. The molecule has 1 N–H and O–H groups in total. The molecule has 1 fully saturated rings. The molecule has 3 rings (SSSR count). The van der Waals surface area contributed by atoms with E-state index in [4.69, 9.17) is 15.4 Å². The number of amidine groups is 1. The maximum atomic E-state index is 12.5. The molecule has 1 aromatic rings. The molecule has 0 radical (unpaired) electrons. The summed E-state index contributed by atoms with van der Waals surface area (Å²) in [5, 5.41) is 5.38. The van der Waals surface area contributed by atoms with Crippen LogP contribution in [0.1, 0.15) is 6.42 Å². The lowest BCUT2D eigenvalue weighted by Gasteiger charge is -2.26. The molecule has 138 valence electrons. The molecule has 0 saturated carbocycles. The molecule has 2 aliphatic rings. The van der Waals surface area contributed by atoms with E-state index in [0.29, 0.717) is 5.17 Å². The Kier molecular flexibility index (Phi) is 5.75. The van der Waals surface area contributed by atoms with Gasteiger partial charge in [0, 0.05) is 31.8 Å². The summed E-state index contributed by atoms with van der Waals surface area (Å²) in [6.07, 6.45) is 2.60. The highest BCUT2D eigenvalue weighted by Crippen LogP contribution is 2.56. The number of sulfonamides is 1. The highest BCUT2D eigenvalue weighted by molar-refractivity contribution is 8.62. The van der Waals surface area contributed by atoms with E-state index >= 15 is 0 Å². The molecule has 2 aliphatic heterocycles. The monoisotopic (exact) mass is 403 g/mol. The Labute approximate surface area is 154 Å². The second kappa shape index (κ2) is 7.67. The molecule has 25 heavy (non-hydrogen) atoms. The largest absolute Gasteiger partial charge is 0.379 e. The van der Waals surface area contributed by atoms with E-state index in [1.807, 2.05) is 11.7 Å². The Morgan fingerprint density at radius 3 is 2.64 bits per heavy atom. The molecule has 0 bridgehead atoms. The standard InChI is InChI=1S/C16H22ClN3O3S2/c1-24(17)13-14(7-8-20-9-11-23-12-10-20)18-16(24)19-25(21,22)15-5-3-2-4-6-15/h2-6,13H,7-12H2,1H3,(H,18,19). The average molecular weight is 404 g/mol. The van der Waals surface area contributed by atoms with Crippen molar-refractivity contribution in [3.05, 3.63) is 41.4 Å². The van der Waals surface area contributed by atoms with Gasteiger partial charge in [-0.25, -0.2) is 0 Å². The van der Waals surface area contributed by atoms with Crippen molar-refractivity contribution in [2.45, 2.75) is 11.3 Å². The first-order valence-electron chi connectivity index (χ1n) is 8.02. The zero-order valence-electron chi connectivity index (χ0n) is 14.0. The van der Waals surface area contributed by atoms with Crippen molar-refractivity contribution in [1.82, 2.24) is 10.2 Å². The number of nitrogens with one attached hydrogen (secondary N) is 1. The molecule has 0 amide bonds. The van der Waals surface area contributed by atoms with Gasteiger partial charge in [-0.1, -0.05) is 38.1 Å².